The van der Waals surface area contributed by atoms with Crippen molar-refractivity contribution in [2.24, 2.45) is 11.3 Å². The van der Waals surface area contributed by atoms with Gasteiger partial charge in [-0.2, -0.15) is 0 Å². The minimum absolute atomic E-state index is 0.0385. The number of amides is 2. The highest BCUT2D eigenvalue weighted by atomic mass is 16.5. The summed E-state index contributed by atoms with van der Waals surface area (Å²) < 4.78 is 5.19. The molecule has 5 heteroatoms. The Labute approximate surface area is 126 Å². The zero-order valence-electron chi connectivity index (χ0n) is 13.1. The topological polar surface area (TPSA) is 58.6 Å². The predicted octanol–water partition coefficient (Wildman–Crippen LogP) is 1.32. The summed E-state index contributed by atoms with van der Waals surface area (Å²) in [4.78, 5) is 27.0. The molecule has 1 N–H and O–H groups in total. The highest BCUT2D eigenvalue weighted by molar-refractivity contribution is 5.97. The third-order valence-corrected chi connectivity index (χ3v) is 5.31. The van der Waals surface area contributed by atoms with E-state index >= 15 is 0 Å². The second kappa shape index (κ2) is 5.59. The van der Waals surface area contributed by atoms with Crippen LogP contribution in [0.5, 0.6) is 0 Å². The molecule has 1 heterocycles. The van der Waals surface area contributed by atoms with E-state index in [0.29, 0.717) is 12.3 Å². The van der Waals surface area contributed by atoms with Gasteiger partial charge in [-0.15, -0.1) is 0 Å². The number of methoxy groups -OCH3 is 1. The van der Waals surface area contributed by atoms with Crippen LogP contribution in [0, 0.1) is 11.3 Å². The fourth-order valence-corrected chi connectivity index (χ4v) is 3.47. The van der Waals surface area contributed by atoms with Gasteiger partial charge in [-0.1, -0.05) is 6.92 Å². The largest absolute Gasteiger partial charge is 0.385 e. The number of carbonyl (C=O) groups is 2. The molecule has 2 amide bonds. The Hall–Kier alpha value is -1.10. The maximum absolute atomic E-state index is 12.8. The SMILES string of the molecule is CCC1C(=O)NC(C2CC2)C(=O)N1CC1(CCOC)CC1. The first-order valence-electron chi connectivity index (χ1n) is 8.20. The molecule has 0 aromatic rings. The number of hydrogen-bond acceptors (Lipinski definition) is 3. The van der Waals surface area contributed by atoms with E-state index in [-0.39, 0.29) is 29.3 Å². The van der Waals surface area contributed by atoms with Gasteiger partial charge in [0.15, 0.2) is 0 Å². The molecule has 0 bridgehead atoms. The second-order valence-corrected chi connectivity index (χ2v) is 6.96. The maximum Gasteiger partial charge on any atom is 0.246 e. The number of rotatable bonds is 7. The summed E-state index contributed by atoms with van der Waals surface area (Å²) in [5.74, 6) is 0.556. The fourth-order valence-electron chi connectivity index (χ4n) is 3.47. The predicted molar refractivity (Wildman–Crippen MR) is 78.6 cm³/mol. The number of carbonyl (C=O) groups excluding carboxylic acids is 2. The second-order valence-electron chi connectivity index (χ2n) is 6.96. The third-order valence-electron chi connectivity index (χ3n) is 5.31. The minimum Gasteiger partial charge on any atom is -0.385 e. The standard InChI is InChI=1S/C16H26N2O3/c1-3-12-14(19)17-13(11-4-5-11)15(20)18(12)10-16(6-7-16)8-9-21-2/h11-13H,3-10H2,1-2H3,(H,17,19). The summed E-state index contributed by atoms with van der Waals surface area (Å²) in [7, 11) is 1.72. The summed E-state index contributed by atoms with van der Waals surface area (Å²) >= 11 is 0. The molecule has 3 aliphatic rings. The lowest BCUT2D eigenvalue weighted by molar-refractivity contribution is -0.151. The third kappa shape index (κ3) is 2.93. The van der Waals surface area contributed by atoms with Gasteiger partial charge in [0.1, 0.15) is 12.1 Å². The Bertz CT molecular complexity index is 429. The molecule has 2 saturated carbocycles. The molecule has 0 aromatic carbocycles. The highest BCUT2D eigenvalue weighted by Crippen LogP contribution is 2.50. The van der Waals surface area contributed by atoms with Crippen LogP contribution >= 0.6 is 0 Å². The molecule has 2 atom stereocenters. The van der Waals surface area contributed by atoms with Gasteiger partial charge in [0, 0.05) is 20.3 Å². The lowest BCUT2D eigenvalue weighted by atomic mass is 9.96. The van der Waals surface area contributed by atoms with E-state index in [1.807, 2.05) is 11.8 Å². The summed E-state index contributed by atoms with van der Waals surface area (Å²) in [6.45, 7) is 3.44. The molecule has 2 unspecified atom stereocenters. The smallest absolute Gasteiger partial charge is 0.246 e. The zero-order chi connectivity index (χ0) is 15.0. The number of hydrogen-bond donors (Lipinski definition) is 1. The Balaban J connectivity index is 1.72. The van der Waals surface area contributed by atoms with Crippen LogP contribution in [0.4, 0.5) is 0 Å². The average molecular weight is 294 g/mol. The summed E-state index contributed by atoms with van der Waals surface area (Å²) in [6.07, 6.45) is 6.10. The van der Waals surface area contributed by atoms with Crippen LogP contribution in [0.2, 0.25) is 0 Å². The van der Waals surface area contributed by atoms with Gasteiger partial charge in [0.05, 0.1) is 0 Å². The van der Waals surface area contributed by atoms with Crippen molar-refractivity contribution < 1.29 is 14.3 Å². The Kier molecular flexibility index (Phi) is 3.95. The molecule has 3 fully saturated rings. The van der Waals surface area contributed by atoms with Crippen molar-refractivity contribution in [1.29, 1.82) is 0 Å². The lowest BCUT2D eigenvalue weighted by Crippen LogP contribution is -2.64. The van der Waals surface area contributed by atoms with E-state index in [2.05, 4.69) is 5.32 Å². The normalized spacial score (nSPS) is 31.2. The Morgan fingerprint density at radius 3 is 2.57 bits per heavy atom. The van der Waals surface area contributed by atoms with Crippen LogP contribution in [0.25, 0.3) is 0 Å². The summed E-state index contributed by atoms with van der Waals surface area (Å²) in [6, 6.07) is -0.550. The van der Waals surface area contributed by atoms with E-state index in [1.165, 1.54) is 0 Å². The van der Waals surface area contributed by atoms with E-state index in [1.54, 1.807) is 7.11 Å². The first-order chi connectivity index (χ1) is 10.1. The molecule has 5 nitrogen and oxygen atoms in total. The summed E-state index contributed by atoms with van der Waals surface area (Å²) in [5, 5.41) is 2.95. The van der Waals surface area contributed by atoms with Crippen molar-refractivity contribution in [3.63, 3.8) is 0 Å². The number of ether oxygens (including phenoxy) is 1. The van der Waals surface area contributed by atoms with Gasteiger partial charge < -0.3 is 15.0 Å². The molecular weight excluding hydrogens is 268 g/mol. The monoisotopic (exact) mass is 294 g/mol. The number of piperazine rings is 1. The molecule has 1 aliphatic heterocycles. The van der Waals surface area contributed by atoms with Crippen LogP contribution in [0.15, 0.2) is 0 Å². The molecule has 21 heavy (non-hydrogen) atoms. The zero-order valence-corrected chi connectivity index (χ0v) is 13.1. The first-order valence-corrected chi connectivity index (χ1v) is 8.20. The summed E-state index contributed by atoms with van der Waals surface area (Å²) in [5.41, 5.74) is 0.199. The maximum atomic E-state index is 12.8. The molecule has 3 rings (SSSR count). The van der Waals surface area contributed by atoms with Gasteiger partial charge in [-0.05, 0) is 49.9 Å². The van der Waals surface area contributed by atoms with Crippen molar-refractivity contribution >= 4 is 11.8 Å². The Morgan fingerprint density at radius 1 is 1.33 bits per heavy atom. The molecule has 1 saturated heterocycles. The van der Waals surface area contributed by atoms with Gasteiger partial charge in [0.2, 0.25) is 11.8 Å². The van der Waals surface area contributed by atoms with Crippen molar-refractivity contribution in [3.05, 3.63) is 0 Å². The van der Waals surface area contributed by atoms with Crippen LogP contribution in [-0.2, 0) is 14.3 Å². The van der Waals surface area contributed by atoms with Gasteiger partial charge >= 0.3 is 0 Å². The van der Waals surface area contributed by atoms with Crippen molar-refractivity contribution in [2.75, 3.05) is 20.3 Å². The van der Waals surface area contributed by atoms with Crippen LogP contribution in [-0.4, -0.2) is 49.1 Å². The minimum atomic E-state index is -0.285. The molecular formula is C16H26N2O3. The first kappa shape index (κ1) is 14.8. The molecule has 0 aromatic heterocycles. The van der Waals surface area contributed by atoms with Crippen molar-refractivity contribution in [1.82, 2.24) is 10.2 Å². The van der Waals surface area contributed by atoms with Crippen LogP contribution in [0.3, 0.4) is 0 Å². The van der Waals surface area contributed by atoms with E-state index in [4.69, 9.17) is 4.74 Å². The number of nitrogens with zero attached hydrogens (tertiary/aromatic N) is 1. The van der Waals surface area contributed by atoms with E-state index in [9.17, 15) is 9.59 Å². The number of nitrogens with one attached hydrogen (secondary N) is 1. The molecule has 0 spiro atoms. The van der Waals surface area contributed by atoms with Crippen LogP contribution in [0.1, 0.15) is 45.4 Å². The molecule has 0 radical (unpaired) electrons. The highest BCUT2D eigenvalue weighted by Gasteiger charge is 2.51. The van der Waals surface area contributed by atoms with Gasteiger partial charge in [-0.3, -0.25) is 9.59 Å². The van der Waals surface area contributed by atoms with Gasteiger partial charge in [-0.25, -0.2) is 0 Å². The van der Waals surface area contributed by atoms with E-state index < -0.39 is 0 Å². The molecule has 118 valence electrons. The average Bonchev–Trinajstić information content (AvgIpc) is 3.35. The van der Waals surface area contributed by atoms with Crippen LogP contribution < -0.4 is 5.32 Å². The van der Waals surface area contributed by atoms with Crippen molar-refractivity contribution in [2.45, 2.75) is 57.5 Å². The van der Waals surface area contributed by atoms with Gasteiger partial charge in [0.25, 0.3) is 0 Å². The van der Waals surface area contributed by atoms with Crippen molar-refractivity contribution in [3.8, 4) is 0 Å². The lowest BCUT2D eigenvalue weighted by Gasteiger charge is -2.40. The fraction of sp³-hybridized carbons (Fsp3) is 0.875. The van der Waals surface area contributed by atoms with E-state index in [0.717, 1.165) is 45.3 Å². The quantitative estimate of drug-likeness (QED) is 0.770. The Morgan fingerprint density at radius 2 is 2.05 bits per heavy atom. The molecule has 2 aliphatic carbocycles.